The smallest absolute Gasteiger partial charge is 0.240 e. The number of nitrogens with one attached hydrogen (secondary N) is 2. The third-order valence-electron chi connectivity index (χ3n) is 2.22. The van der Waals surface area contributed by atoms with Gasteiger partial charge in [0.15, 0.2) is 0 Å². The molecule has 0 unspecified atom stereocenters. The van der Waals surface area contributed by atoms with E-state index in [1.807, 2.05) is 6.92 Å². The zero-order valence-electron chi connectivity index (χ0n) is 10.5. The molecule has 1 rings (SSSR count). The number of rotatable bonds is 7. The fraction of sp³-hybridized carbons (Fsp3) is 0.455. The van der Waals surface area contributed by atoms with Gasteiger partial charge in [0.25, 0.3) is 0 Å². The SMILES string of the molecule is CCCNC(=O)CCNS(=O)(=O)c1ccnc(Cl)c1. The van der Waals surface area contributed by atoms with Crippen LogP contribution in [-0.4, -0.2) is 32.4 Å². The number of amides is 1. The van der Waals surface area contributed by atoms with Crippen LogP contribution in [0.3, 0.4) is 0 Å². The molecule has 0 aliphatic carbocycles. The first-order valence-corrected chi connectivity index (χ1v) is 7.69. The van der Waals surface area contributed by atoms with Gasteiger partial charge in [-0.1, -0.05) is 18.5 Å². The Morgan fingerprint density at radius 2 is 2.16 bits per heavy atom. The van der Waals surface area contributed by atoms with Crippen LogP contribution in [0.2, 0.25) is 5.15 Å². The van der Waals surface area contributed by atoms with E-state index < -0.39 is 10.0 Å². The van der Waals surface area contributed by atoms with E-state index in [1.165, 1.54) is 18.3 Å². The number of hydrogen-bond donors (Lipinski definition) is 2. The van der Waals surface area contributed by atoms with Gasteiger partial charge in [-0.3, -0.25) is 4.79 Å². The van der Waals surface area contributed by atoms with Crippen molar-refractivity contribution < 1.29 is 13.2 Å². The van der Waals surface area contributed by atoms with Gasteiger partial charge in [-0.15, -0.1) is 0 Å². The monoisotopic (exact) mass is 305 g/mol. The van der Waals surface area contributed by atoms with Crippen molar-refractivity contribution in [1.82, 2.24) is 15.0 Å². The zero-order valence-corrected chi connectivity index (χ0v) is 12.1. The van der Waals surface area contributed by atoms with Crippen molar-refractivity contribution in [2.75, 3.05) is 13.1 Å². The van der Waals surface area contributed by atoms with Gasteiger partial charge in [0.1, 0.15) is 5.15 Å². The van der Waals surface area contributed by atoms with Gasteiger partial charge in [-0.2, -0.15) is 0 Å². The summed E-state index contributed by atoms with van der Waals surface area (Å²) >= 11 is 5.63. The molecule has 0 bridgehead atoms. The molecule has 19 heavy (non-hydrogen) atoms. The second-order valence-electron chi connectivity index (χ2n) is 3.81. The van der Waals surface area contributed by atoms with Crippen LogP contribution >= 0.6 is 11.6 Å². The number of halogens is 1. The predicted molar refractivity (Wildman–Crippen MR) is 72.4 cm³/mol. The Balaban J connectivity index is 2.50. The third-order valence-corrected chi connectivity index (χ3v) is 3.89. The minimum Gasteiger partial charge on any atom is -0.356 e. The third kappa shape index (κ3) is 5.54. The van der Waals surface area contributed by atoms with Crippen LogP contribution in [0.15, 0.2) is 23.2 Å². The van der Waals surface area contributed by atoms with E-state index in [-0.39, 0.29) is 28.9 Å². The summed E-state index contributed by atoms with van der Waals surface area (Å²) in [5.74, 6) is -0.183. The average Bonchev–Trinajstić information content (AvgIpc) is 2.36. The van der Waals surface area contributed by atoms with Crippen molar-refractivity contribution in [2.45, 2.75) is 24.7 Å². The normalized spacial score (nSPS) is 11.3. The maximum absolute atomic E-state index is 11.9. The van der Waals surface area contributed by atoms with E-state index in [1.54, 1.807) is 0 Å². The highest BCUT2D eigenvalue weighted by Crippen LogP contribution is 2.12. The van der Waals surface area contributed by atoms with E-state index in [0.717, 1.165) is 6.42 Å². The fourth-order valence-electron chi connectivity index (χ4n) is 1.29. The fourth-order valence-corrected chi connectivity index (χ4v) is 2.57. The molecule has 0 radical (unpaired) electrons. The first-order chi connectivity index (χ1) is 8.95. The Morgan fingerprint density at radius 3 is 2.79 bits per heavy atom. The Labute approximate surface area is 117 Å². The van der Waals surface area contributed by atoms with Gasteiger partial charge in [-0.25, -0.2) is 18.1 Å². The molecule has 0 aliphatic rings. The maximum atomic E-state index is 11.9. The number of hydrogen-bond acceptors (Lipinski definition) is 4. The molecule has 0 spiro atoms. The van der Waals surface area contributed by atoms with E-state index in [0.29, 0.717) is 6.54 Å². The summed E-state index contributed by atoms with van der Waals surface area (Å²) in [4.78, 5) is 15.0. The summed E-state index contributed by atoms with van der Waals surface area (Å²) in [6.45, 7) is 2.57. The number of carbonyl (C=O) groups is 1. The van der Waals surface area contributed by atoms with Crippen LogP contribution in [0.25, 0.3) is 0 Å². The Morgan fingerprint density at radius 1 is 1.42 bits per heavy atom. The molecule has 0 saturated heterocycles. The Kier molecular flexibility index (Phi) is 6.20. The number of carbonyl (C=O) groups excluding carboxylic acids is 1. The molecule has 6 nitrogen and oxygen atoms in total. The van der Waals surface area contributed by atoms with Crippen molar-refractivity contribution in [2.24, 2.45) is 0 Å². The summed E-state index contributed by atoms with van der Waals surface area (Å²) in [5.41, 5.74) is 0. The molecule has 1 aromatic rings. The molecular formula is C11H16ClN3O3S. The topological polar surface area (TPSA) is 88.2 Å². The highest BCUT2D eigenvalue weighted by molar-refractivity contribution is 7.89. The van der Waals surface area contributed by atoms with Crippen LogP contribution in [0.5, 0.6) is 0 Å². The maximum Gasteiger partial charge on any atom is 0.240 e. The lowest BCUT2D eigenvalue weighted by molar-refractivity contribution is -0.120. The molecule has 0 atom stereocenters. The molecule has 1 amide bonds. The molecule has 0 fully saturated rings. The molecule has 1 aromatic heterocycles. The zero-order chi connectivity index (χ0) is 14.3. The lowest BCUT2D eigenvalue weighted by Crippen LogP contribution is -2.31. The second kappa shape index (κ2) is 7.42. The van der Waals surface area contributed by atoms with Crippen LogP contribution in [0.4, 0.5) is 0 Å². The lowest BCUT2D eigenvalue weighted by Gasteiger charge is -2.07. The van der Waals surface area contributed by atoms with E-state index in [4.69, 9.17) is 11.6 Å². The van der Waals surface area contributed by atoms with Gasteiger partial charge in [-0.05, 0) is 18.6 Å². The van der Waals surface area contributed by atoms with Crippen LogP contribution in [-0.2, 0) is 14.8 Å². The Bertz CT molecular complexity index is 534. The van der Waals surface area contributed by atoms with Crippen LogP contribution < -0.4 is 10.0 Å². The first-order valence-electron chi connectivity index (χ1n) is 5.83. The molecule has 0 aliphatic heterocycles. The summed E-state index contributed by atoms with van der Waals surface area (Å²) in [7, 11) is -3.65. The van der Waals surface area contributed by atoms with Gasteiger partial charge >= 0.3 is 0 Å². The van der Waals surface area contributed by atoms with Gasteiger partial charge in [0, 0.05) is 25.7 Å². The lowest BCUT2D eigenvalue weighted by atomic mass is 10.4. The number of aromatic nitrogens is 1. The average molecular weight is 306 g/mol. The highest BCUT2D eigenvalue weighted by Gasteiger charge is 2.14. The van der Waals surface area contributed by atoms with E-state index in [9.17, 15) is 13.2 Å². The minimum atomic E-state index is -3.65. The predicted octanol–water partition coefficient (Wildman–Crippen LogP) is 0.930. The molecule has 0 aromatic carbocycles. The number of nitrogens with zero attached hydrogens (tertiary/aromatic N) is 1. The Hall–Kier alpha value is -1.18. The van der Waals surface area contributed by atoms with Crippen molar-refractivity contribution in [3.8, 4) is 0 Å². The largest absolute Gasteiger partial charge is 0.356 e. The molecule has 1 heterocycles. The van der Waals surface area contributed by atoms with Gasteiger partial charge in [0.2, 0.25) is 15.9 Å². The second-order valence-corrected chi connectivity index (χ2v) is 5.97. The molecular weight excluding hydrogens is 290 g/mol. The van der Waals surface area contributed by atoms with Crippen molar-refractivity contribution in [1.29, 1.82) is 0 Å². The van der Waals surface area contributed by atoms with Gasteiger partial charge < -0.3 is 5.32 Å². The van der Waals surface area contributed by atoms with Crippen molar-refractivity contribution >= 4 is 27.5 Å². The standard InChI is InChI=1S/C11H16ClN3O3S/c1-2-5-14-11(16)4-7-15-19(17,18)9-3-6-13-10(12)8-9/h3,6,8,15H,2,4-5,7H2,1H3,(H,14,16). The molecule has 106 valence electrons. The van der Waals surface area contributed by atoms with Crippen LogP contribution in [0.1, 0.15) is 19.8 Å². The molecule has 8 heteroatoms. The minimum absolute atomic E-state index is 0.0291. The van der Waals surface area contributed by atoms with Crippen molar-refractivity contribution in [3.05, 3.63) is 23.5 Å². The molecule has 2 N–H and O–H groups in total. The summed E-state index contributed by atoms with van der Waals surface area (Å²) in [5, 5.41) is 2.76. The number of sulfonamides is 1. The number of pyridine rings is 1. The first kappa shape index (κ1) is 15.9. The van der Waals surface area contributed by atoms with Gasteiger partial charge in [0.05, 0.1) is 4.90 Å². The summed E-state index contributed by atoms with van der Waals surface area (Å²) < 4.78 is 26.0. The molecule has 0 saturated carbocycles. The van der Waals surface area contributed by atoms with Crippen molar-refractivity contribution in [3.63, 3.8) is 0 Å². The van der Waals surface area contributed by atoms with E-state index in [2.05, 4.69) is 15.0 Å². The summed E-state index contributed by atoms with van der Waals surface area (Å²) in [6, 6.07) is 2.59. The van der Waals surface area contributed by atoms with E-state index >= 15 is 0 Å². The highest BCUT2D eigenvalue weighted by atomic mass is 35.5. The van der Waals surface area contributed by atoms with Crippen LogP contribution in [0, 0.1) is 0 Å². The quantitative estimate of drug-likeness (QED) is 0.734. The summed E-state index contributed by atoms with van der Waals surface area (Å²) in [6.07, 6.45) is 2.25.